The summed E-state index contributed by atoms with van der Waals surface area (Å²) in [6.45, 7) is 3.10. The number of hydrogen-bond acceptors (Lipinski definition) is 3. The third kappa shape index (κ3) is 5.63. The van der Waals surface area contributed by atoms with Gasteiger partial charge < -0.3 is 15.2 Å². The molecule has 0 saturated heterocycles. The molecule has 0 spiro atoms. The van der Waals surface area contributed by atoms with Crippen molar-refractivity contribution in [1.82, 2.24) is 15.8 Å². The molecule has 0 atom stereocenters. The first-order valence-corrected chi connectivity index (χ1v) is 6.84. The van der Waals surface area contributed by atoms with Crippen molar-refractivity contribution in [2.75, 3.05) is 7.05 Å². The molecule has 7 heteroatoms. The van der Waals surface area contributed by atoms with Gasteiger partial charge in [-0.3, -0.25) is 4.99 Å². The number of benzene rings is 1. The second-order valence-corrected chi connectivity index (χ2v) is 4.54. The summed E-state index contributed by atoms with van der Waals surface area (Å²) >= 11 is 0. The topological polar surface area (TPSA) is 62.5 Å². The fourth-order valence-electron chi connectivity index (χ4n) is 1.79. The minimum atomic E-state index is -0.238. The molecule has 0 aliphatic rings. The lowest BCUT2D eigenvalue weighted by molar-refractivity contribution is 0.374. The Labute approximate surface area is 146 Å². The van der Waals surface area contributed by atoms with E-state index in [1.165, 1.54) is 12.1 Å². The molecule has 0 aliphatic carbocycles. The Balaban J connectivity index is 0.00000242. The molecule has 0 bridgehead atoms. The number of nitrogens with zero attached hydrogens (tertiary/aromatic N) is 2. The highest BCUT2D eigenvalue weighted by molar-refractivity contribution is 14.0. The highest BCUT2D eigenvalue weighted by Crippen LogP contribution is 2.04. The van der Waals surface area contributed by atoms with E-state index in [-0.39, 0.29) is 29.8 Å². The van der Waals surface area contributed by atoms with Crippen LogP contribution < -0.4 is 10.6 Å². The van der Waals surface area contributed by atoms with Crippen molar-refractivity contribution in [3.8, 4) is 0 Å². The number of hydrogen-bond donors (Lipinski definition) is 2. The molecular weight excluding hydrogens is 398 g/mol. The Morgan fingerprint density at radius 3 is 2.50 bits per heavy atom. The van der Waals surface area contributed by atoms with Crippen molar-refractivity contribution in [1.29, 1.82) is 0 Å². The molecule has 22 heavy (non-hydrogen) atoms. The van der Waals surface area contributed by atoms with Gasteiger partial charge in [0.2, 0.25) is 0 Å². The van der Waals surface area contributed by atoms with Crippen LogP contribution in [0.5, 0.6) is 0 Å². The number of guanidine groups is 1. The second kappa shape index (κ2) is 9.39. The molecule has 5 nitrogen and oxygen atoms in total. The van der Waals surface area contributed by atoms with Gasteiger partial charge in [0.25, 0.3) is 0 Å². The van der Waals surface area contributed by atoms with Gasteiger partial charge in [-0.25, -0.2) is 4.39 Å². The maximum atomic E-state index is 12.8. The van der Waals surface area contributed by atoms with Gasteiger partial charge in [-0.2, -0.15) is 0 Å². The van der Waals surface area contributed by atoms with Crippen LogP contribution in [0.4, 0.5) is 4.39 Å². The molecule has 0 saturated carbocycles. The molecule has 0 amide bonds. The van der Waals surface area contributed by atoms with Crippen molar-refractivity contribution in [3.05, 3.63) is 53.2 Å². The van der Waals surface area contributed by atoms with Crippen molar-refractivity contribution in [2.45, 2.75) is 26.4 Å². The van der Waals surface area contributed by atoms with E-state index >= 15 is 0 Å². The van der Waals surface area contributed by atoms with Crippen molar-refractivity contribution in [3.63, 3.8) is 0 Å². The standard InChI is InChI=1S/C15H19FN4O.HI/c1-3-13-8-14(21-20-13)10-19-15(17-2)18-9-11-4-6-12(16)7-5-11;/h4-8H,3,9-10H2,1-2H3,(H2,17,18,19);1H. The van der Waals surface area contributed by atoms with Crippen LogP contribution in [-0.4, -0.2) is 18.2 Å². The molecule has 2 rings (SSSR count). The summed E-state index contributed by atoms with van der Waals surface area (Å²) < 4.78 is 18.0. The Bertz CT molecular complexity index is 598. The fourth-order valence-corrected chi connectivity index (χ4v) is 1.79. The Morgan fingerprint density at radius 2 is 1.91 bits per heavy atom. The Hall–Kier alpha value is -1.64. The first-order chi connectivity index (χ1) is 10.2. The van der Waals surface area contributed by atoms with Crippen LogP contribution in [0, 0.1) is 5.82 Å². The van der Waals surface area contributed by atoms with Gasteiger partial charge in [-0.1, -0.05) is 24.2 Å². The largest absolute Gasteiger partial charge is 0.359 e. The lowest BCUT2D eigenvalue weighted by atomic mass is 10.2. The molecule has 1 aromatic heterocycles. The van der Waals surface area contributed by atoms with Gasteiger partial charge in [0.05, 0.1) is 12.2 Å². The predicted octanol–water partition coefficient (Wildman–Crippen LogP) is 2.86. The summed E-state index contributed by atoms with van der Waals surface area (Å²) in [6.07, 6.45) is 0.848. The summed E-state index contributed by atoms with van der Waals surface area (Å²) in [4.78, 5) is 4.12. The first-order valence-electron chi connectivity index (χ1n) is 6.84. The summed E-state index contributed by atoms with van der Waals surface area (Å²) in [5.41, 5.74) is 1.91. The summed E-state index contributed by atoms with van der Waals surface area (Å²) in [6, 6.07) is 8.27. The van der Waals surface area contributed by atoms with E-state index in [2.05, 4.69) is 20.8 Å². The van der Waals surface area contributed by atoms with E-state index in [1.54, 1.807) is 19.2 Å². The molecule has 0 aliphatic heterocycles. The molecule has 1 aromatic carbocycles. The Morgan fingerprint density at radius 1 is 1.23 bits per heavy atom. The van der Waals surface area contributed by atoms with Gasteiger partial charge in [0.1, 0.15) is 5.82 Å². The van der Waals surface area contributed by atoms with Crippen LogP contribution in [0.2, 0.25) is 0 Å². The lowest BCUT2D eigenvalue weighted by Crippen LogP contribution is -2.36. The highest BCUT2D eigenvalue weighted by atomic mass is 127. The number of rotatable bonds is 5. The van der Waals surface area contributed by atoms with Crippen molar-refractivity contribution < 1.29 is 8.91 Å². The Kier molecular flexibility index (Phi) is 7.86. The predicted molar refractivity (Wildman–Crippen MR) is 94.7 cm³/mol. The first kappa shape index (κ1) is 18.4. The molecule has 2 N–H and O–H groups in total. The molecule has 2 aromatic rings. The van der Waals surface area contributed by atoms with E-state index in [4.69, 9.17) is 4.52 Å². The monoisotopic (exact) mass is 418 g/mol. The minimum Gasteiger partial charge on any atom is -0.359 e. The average molecular weight is 418 g/mol. The van der Waals surface area contributed by atoms with Gasteiger partial charge in [0.15, 0.2) is 11.7 Å². The van der Waals surface area contributed by atoms with E-state index in [1.807, 2.05) is 13.0 Å². The van der Waals surface area contributed by atoms with E-state index in [0.29, 0.717) is 19.0 Å². The zero-order chi connectivity index (χ0) is 15.1. The van der Waals surface area contributed by atoms with E-state index in [9.17, 15) is 4.39 Å². The summed E-state index contributed by atoms with van der Waals surface area (Å²) in [5, 5.41) is 10.2. The highest BCUT2D eigenvalue weighted by Gasteiger charge is 2.04. The second-order valence-electron chi connectivity index (χ2n) is 4.54. The maximum Gasteiger partial charge on any atom is 0.191 e. The van der Waals surface area contributed by atoms with E-state index < -0.39 is 0 Å². The molecule has 120 valence electrons. The number of aromatic nitrogens is 1. The van der Waals surface area contributed by atoms with Crippen LogP contribution >= 0.6 is 24.0 Å². The normalized spacial score (nSPS) is 11.0. The zero-order valence-electron chi connectivity index (χ0n) is 12.6. The molecule has 0 radical (unpaired) electrons. The SMILES string of the molecule is CCc1cc(CNC(=NC)NCc2ccc(F)cc2)on1.I. The summed E-state index contributed by atoms with van der Waals surface area (Å²) in [5.74, 6) is 1.17. The van der Waals surface area contributed by atoms with Crippen LogP contribution in [0.25, 0.3) is 0 Å². The number of halogens is 2. The summed E-state index contributed by atoms with van der Waals surface area (Å²) in [7, 11) is 1.69. The quantitative estimate of drug-likeness (QED) is 0.446. The van der Waals surface area contributed by atoms with Gasteiger partial charge in [-0.15, -0.1) is 24.0 Å². The van der Waals surface area contributed by atoms with Crippen LogP contribution in [-0.2, 0) is 19.5 Å². The van der Waals surface area contributed by atoms with Crippen molar-refractivity contribution >= 4 is 29.9 Å². The van der Waals surface area contributed by atoms with Crippen LogP contribution in [0.1, 0.15) is 23.9 Å². The van der Waals surface area contributed by atoms with E-state index in [0.717, 1.165) is 23.4 Å². The molecule has 1 heterocycles. The third-order valence-corrected chi connectivity index (χ3v) is 3.00. The maximum absolute atomic E-state index is 12.8. The number of nitrogens with one attached hydrogen (secondary N) is 2. The number of aliphatic imine (C=N–C) groups is 1. The van der Waals surface area contributed by atoms with Gasteiger partial charge >= 0.3 is 0 Å². The molecule has 0 fully saturated rings. The van der Waals surface area contributed by atoms with Gasteiger partial charge in [-0.05, 0) is 24.1 Å². The van der Waals surface area contributed by atoms with Crippen molar-refractivity contribution in [2.24, 2.45) is 4.99 Å². The van der Waals surface area contributed by atoms with Gasteiger partial charge in [0, 0.05) is 19.7 Å². The third-order valence-electron chi connectivity index (χ3n) is 3.00. The zero-order valence-corrected chi connectivity index (χ0v) is 14.9. The van der Waals surface area contributed by atoms with Crippen LogP contribution in [0.15, 0.2) is 39.8 Å². The number of aryl methyl sites for hydroxylation is 1. The molecule has 0 unspecified atom stereocenters. The average Bonchev–Trinajstić information content (AvgIpc) is 2.97. The fraction of sp³-hybridized carbons (Fsp3) is 0.333. The lowest BCUT2D eigenvalue weighted by Gasteiger charge is -2.10. The molecular formula is C15H20FIN4O. The van der Waals surface area contributed by atoms with Crippen LogP contribution in [0.3, 0.4) is 0 Å². The minimum absolute atomic E-state index is 0. The smallest absolute Gasteiger partial charge is 0.191 e.